The monoisotopic (exact) mass is 201 g/mol. The third-order valence-corrected chi connectivity index (χ3v) is 1.99. The summed E-state index contributed by atoms with van der Waals surface area (Å²) in [5.41, 5.74) is 0. The second kappa shape index (κ2) is 10.4. The molecule has 0 spiro atoms. The van der Waals surface area contributed by atoms with E-state index in [-0.39, 0.29) is 6.09 Å². The number of hydrogen-bond acceptors (Lipinski definition) is 2. The first kappa shape index (κ1) is 13.3. The van der Waals surface area contributed by atoms with E-state index in [1.54, 1.807) is 0 Å². The maximum absolute atomic E-state index is 11.0. The van der Waals surface area contributed by atoms with Crippen molar-refractivity contribution in [1.29, 1.82) is 0 Å². The number of alkyl carbamates (subject to hydrolysis) is 1. The summed E-state index contributed by atoms with van der Waals surface area (Å²) in [6, 6.07) is 0. The molecule has 3 nitrogen and oxygen atoms in total. The summed E-state index contributed by atoms with van der Waals surface area (Å²) in [5.74, 6) is 0. The van der Waals surface area contributed by atoms with Gasteiger partial charge in [-0.25, -0.2) is 4.79 Å². The highest BCUT2D eigenvalue weighted by atomic mass is 16.5. The van der Waals surface area contributed by atoms with E-state index in [0.29, 0.717) is 6.61 Å². The van der Waals surface area contributed by atoms with Gasteiger partial charge in [-0.1, -0.05) is 39.5 Å². The molecule has 0 rings (SSSR count). The van der Waals surface area contributed by atoms with Crippen LogP contribution in [0, 0.1) is 0 Å². The summed E-state index contributed by atoms with van der Waals surface area (Å²) < 4.78 is 4.87. The highest BCUT2D eigenvalue weighted by Gasteiger charge is 1.98. The van der Waals surface area contributed by atoms with Crippen molar-refractivity contribution in [1.82, 2.24) is 5.32 Å². The van der Waals surface area contributed by atoms with E-state index in [1.165, 1.54) is 25.7 Å². The van der Waals surface area contributed by atoms with E-state index in [4.69, 9.17) is 4.74 Å². The molecule has 0 saturated heterocycles. The van der Waals surface area contributed by atoms with Crippen LogP contribution in [0.2, 0.25) is 0 Å². The van der Waals surface area contributed by atoms with Crippen molar-refractivity contribution in [2.75, 3.05) is 13.2 Å². The van der Waals surface area contributed by atoms with Crippen molar-refractivity contribution in [2.24, 2.45) is 0 Å². The van der Waals surface area contributed by atoms with Gasteiger partial charge >= 0.3 is 6.09 Å². The molecule has 0 aliphatic rings. The van der Waals surface area contributed by atoms with E-state index in [0.717, 1.165) is 19.4 Å². The van der Waals surface area contributed by atoms with Crippen molar-refractivity contribution in [2.45, 2.75) is 52.4 Å². The molecule has 0 saturated carbocycles. The van der Waals surface area contributed by atoms with Gasteiger partial charge in [0.1, 0.15) is 0 Å². The van der Waals surface area contributed by atoms with Gasteiger partial charge in [0.15, 0.2) is 0 Å². The normalized spacial score (nSPS) is 9.86. The van der Waals surface area contributed by atoms with Crippen LogP contribution in [0.5, 0.6) is 0 Å². The maximum atomic E-state index is 11.0. The molecule has 0 radical (unpaired) electrons. The second-order valence-electron chi connectivity index (χ2n) is 3.48. The zero-order valence-electron chi connectivity index (χ0n) is 9.47. The molecule has 0 heterocycles. The molecule has 0 aromatic heterocycles. The minimum Gasteiger partial charge on any atom is -0.450 e. The Kier molecular flexibility index (Phi) is 9.81. The van der Waals surface area contributed by atoms with Crippen molar-refractivity contribution in [3.05, 3.63) is 0 Å². The zero-order valence-corrected chi connectivity index (χ0v) is 9.47. The first-order valence-electron chi connectivity index (χ1n) is 5.71. The molecule has 0 fully saturated rings. The van der Waals surface area contributed by atoms with Crippen LogP contribution >= 0.6 is 0 Å². The SMILES string of the molecule is CCCCCCCNC(=O)OCCC. The maximum Gasteiger partial charge on any atom is 0.407 e. The van der Waals surface area contributed by atoms with E-state index in [9.17, 15) is 4.79 Å². The summed E-state index contributed by atoms with van der Waals surface area (Å²) in [6.45, 7) is 5.44. The Bertz CT molecular complexity index is 137. The molecule has 0 aliphatic heterocycles. The number of hydrogen-bond donors (Lipinski definition) is 1. The van der Waals surface area contributed by atoms with Crippen molar-refractivity contribution in [3.8, 4) is 0 Å². The second-order valence-corrected chi connectivity index (χ2v) is 3.48. The van der Waals surface area contributed by atoms with Crippen LogP contribution in [0.25, 0.3) is 0 Å². The van der Waals surface area contributed by atoms with Gasteiger partial charge in [0.2, 0.25) is 0 Å². The van der Waals surface area contributed by atoms with Crippen molar-refractivity contribution >= 4 is 6.09 Å². The molecule has 1 N–H and O–H groups in total. The molecule has 0 aliphatic carbocycles. The molecule has 0 aromatic carbocycles. The molecule has 3 heteroatoms. The predicted octanol–water partition coefficient (Wildman–Crippen LogP) is 3.09. The quantitative estimate of drug-likeness (QED) is 0.613. The van der Waals surface area contributed by atoms with Crippen LogP contribution in [0.15, 0.2) is 0 Å². The largest absolute Gasteiger partial charge is 0.450 e. The summed E-state index contributed by atoms with van der Waals surface area (Å²) in [5, 5.41) is 2.73. The van der Waals surface area contributed by atoms with Crippen LogP contribution < -0.4 is 5.32 Å². The fourth-order valence-electron chi connectivity index (χ4n) is 1.16. The Morgan fingerprint density at radius 1 is 1.07 bits per heavy atom. The van der Waals surface area contributed by atoms with E-state index < -0.39 is 0 Å². The lowest BCUT2D eigenvalue weighted by Crippen LogP contribution is -2.25. The third kappa shape index (κ3) is 9.36. The Balaban J connectivity index is 3.07. The lowest BCUT2D eigenvalue weighted by Gasteiger charge is -2.05. The molecule has 1 amide bonds. The van der Waals surface area contributed by atoms with Gasteiger partial charge in [0.05, 0.1) is 6.61 Å². The summed E-state index contributed by atoms with van der Waals surface area (Å²) >= 11 is 0. The third-order valence-electron chi connectivity index (χ3n) is 1.99. The number of unbranched alkanes of at least 4 members (excludes halogenated alkanes) is 4. The van der Waals surface area contributed by atoms with Gasteiger partial charge < -0.3 is 10.1 Å². The summed E-state index contributed by atoms with van der Waals surface area (Å²) in [7, 11) is 0. The number of carbonyl (C=O) groups excluding carboxylic acids is 1. The topological polar surface area (TPSA) is 38.3 Å². The molecule has 0 aromatic rings. The lowest BCUT2D eigenvalue weighted by atomic mass is 10.1. The van der Waals surface area contributed by atoms with Gasteiger partial charge in [-0.15, -0.1) is 0 Å². The van der Waals surface area contributed by atoms with Crippen molar-refractivity contribution < 1.29 is 9.53 Å². The zero-order chi connectivity index (χ0) is 10.6. The van der Waals surface area contributed by atoms with Crippen LogP contribution in [-0.2, 0) is 4.74 Å². The molecule has 0 atom stereocenters. The Hall–Kier alpha value is -0.730. The number of ether oxygens (including phenoxy) is 1. The first-order valence-corrected chi connectivity index (χ1v) is 5.71. The van der Waals surface area contributed by atoms with E-state index in [1.807, 2.05) is 6.92 Å². The highest BCUT2D eigenvalue weighted by molar-refractivity contribution is 5.66. The van der Waals surface area contributed by atoms with Gasteiger partial charge in [-0.05, 0) is 12.8 Å². The van der Waals surface area contributed by atoms with Crippen LogP contribution in [0.4, 0.5) is 4.79 Å². The van der Waals surface area contributed by atoms with Crippen LogP contribution in [0.3, 0.4) is 0 Å². The first-order chi connectivity index (χ1) is 6.81. The Morgan fingerprint density at radius 2 is 1.79 bits per heavy atom. The van der Waals surface area contributed by atoms with Crippen LogP contribution in [0.1, 0.15) is 52.4 Å². The van der Waals surface area contributed by atoms with E-state index in [2.05, 4.69) is 12.2 Å². The smallest absolute Gasteiger partial charge is 0.407 e. The summed E-state index contributed by atoms with van der Waals surface area (Å²) in [4.78, 5) is 11.0. The predicted molar refractivity (Wildman–Crippen MR) is 58.4 cm³/mol. The average molecular weight is 201 g/mol. The molecule has 0 unspecified atom stereocenters. The molecule has 14 heavy (non-hydrogen) atoms. The number of rotatable bonds is 8. The fourth-order valence-corrected chi connectivity index (χ4v) is 1.16. The molecule has 0 bridgehead atoms. The standard InChI is InChI=1S/C11H23NO2/c1-3-5-6-7-8-9-12-11(13)14-10-4-2/h3-10H2,1-2H3,(H,12,13). The number of amides is 1. The minimum atomic E-state index is -0.276. The minimum absolute atomic E-state index is 0.276. The Morgan fingerprint density at radius 3 is 2.43 bits per heavy atom. The van der Waals surface area contributed by atoms with Crippen molar-refractivity contribution in [3.63, 3.8) is 0 Å². The van der Waals surface area contributed by atoms with E-state index >= 15 is 0 Å². The van der Waals surface area contributed by atoms with Gasteiger partial charge in [0, 0.05) is 6.54 Å². The Labute approximate surface area is 87.2 Å². The van der Waals surface area contributed by atoms with Crippen LogP contribution in [-0.4, -0.2) is 19.2 Å². The molecular formula is C11H23NO2. The van der Waals surface area contributed by atoms with Gasteiger partial charge in [-0.2, -0.15) is 0 Å². The number of nitrogens with one attached hydrogen (secondary N) is 1. The lowest BCUT2D eigenvalue weighted by molar-refractivity contribution is 0.146. The average Bonchev–Trinajstić information content (AvgIpc) is 2.20. The molecular weight excluding hydrogens is 178 g/mol. The van der Waals surface area contributed by atoms with Gasteiger partial charge in [-0.3, -0.25) is 0 Å². The van der Waals surface area contributed by atoms with Gasteiger partial charge in [0.25, 0.3) is 0 Å². The summed E-state index contributed by atoms with van der Waals surface area (Å²) in [6.07, 6.45) is 6.67. The fraction of sp³-hybridized carbons (Fsp3) is 0.909. The number of carbonyl (C=O) groups is 1. The highest BCUT2D eigenvalue weighted by Crippen LogP contribution is 2.01. The molecule has 84 valence electrons.